The summed E-state index contributed by atoms with van der Waals surface area (Å²) in [5, 5.41) is 14.3. The quantitative estimate of drug-likeness (QED) is 0.925. The van der Waals surface area contributed by atoms with Crippen LogP contribution in [0.3, 0.4) is 0 Å². The van der Waals surface area contributed by atoms with Gasteiger partial charge in [0.25, 0.3) is 0 Å². The van der Waals surface area contributed by atoms with Gasteiger partial charge in [-0.15, -0.1) is 11.3 Å². The minimum absolute atomic E-state index is 0.682. The lowest BCUT2D eigenvalue weighted by atomic mass is 9.88. The molecule has 2 aliphatic heterocycles. The fraction of sp³-hybridized carbons (Fsp3) is 0.824. The Bertz CT molecular complexity index is 500. The molecule has 1 N–H and O–H groups in total. The van der Waals surface area contributed by atoms with Crippen LogP contribution in [0.15, 0.2) is 5.38 Å². The van der Waals surface area contributed by atoms with Crippen LogP contribution < -0.4 is 0 Å². The molecule has 0 radical (unpaired) electrons. The zero-order valence-electron chi connectivity index (χ0n) is 13.3. The first-order valence-corrected chi connectivity index (χ1v) is 9.75. The van der Waals surface area contributed by atoms with Gasteiger partial charge in [0.05, 0.1) is 12.2 Å². The van der Waals surface area contributed by atoms with E-state index >= 15 is 0 Å². The van der Waals surface area contributed by atoms with Gasteiger partial charge in [-0.3, -0.25) is 4.90 Å². The van der Waals surface area contributed by atoms with E-state index in [4.69, 9.17) is 4.98 Å². The van der Waals surface area contributed by atoms with Gasteiger partial charge in [-0.1, -0.05) is 12.8 Å². The summed E-state index contributed by atoms with van der Waals surface area (Å²) in [6, 6.07) is 0.780. The van der Waals surface area contributed by atoms with Gasteiger partial charge in [0.2, 0.25) is 0 Å². The molecule has 0 bridgehead atoms. The van der Waals surface area contributed by atoms with Crippen LogP contribution >= 0.6 is 11.3 Å². The molecule has 3 fully saturated rings. The van der Waals surface area contributed by atoms with Gasteiger partial charge in [0, 0.05) is 24.5 Å². The van der Waals surface area contributed by atoms with E-state index in [1.54, 1.807) is 11.3 Å². The Hall–Kier alpha value is -0.490. The topological polar surface area (TPSA) is 39.6 Å². The summed E-state index contributed by atoms with van der Waals surface area (Å²) in [6.07, 6.45) is 8.49. The molecular formula is C17H27N3OS. The number of thiazole rings is 1. The smallest absolute Gasteiger partial charge is 0.110 e. The van der Waals surface area contributed by atoms with Gasteiger partial charge in [-0.2, -0.15) is 0 Å². The summed E-state index contributed by atoms with van der Waals surface area (Å²) in [5.41, 5.74) is 0.248. The van der Waals surface area contributed by atoms with Gasteiger partial charge in [0.15, 0.2) is 0 Å². The molecule has 4 nitrogen and oxygen atoms in total. The highest BCUT2D eigenvalue weighted by atomic mass is 32.1. The molecule has 0 aromatic carbocycles. The van der Waals surface area contributed by atoms with Gasteiger partial charge in [-0.25, -0.2) is 4.98 Å². The molecule has 0 atom stereocenters. The minimum Gasteiger partial charge on any atom is -0.383 e. The third-order valence-corrected chi connectivity index (χ3v) is 6.64. The Morgan fingerprint density at radius 1 is 1.14 bits per heavy atom. The summed E-state index contributed by atoms with van der Waals surface area (Å²) in [5.74, 6) is 0. The van der Waals surface area contributed by atoms with Crippen molar-refractivity contribution in [2.24, 2.45) is 0 Å². The van der Waals surface area contributed by atoms with E-state index in [9.17, 15) is 5.11 Å². The van der Waals surface area contributed by atoms with Crippen LogP contribution in [0.5, 0.6) is 0 Å². The molecule has 4 rings (SSSR count). The minimum atomic E-state index is -0.682. The maximum absolute atomic E-state index is 11.0. The highest BCUT2D eigenvalue weighted by molar-refractivity contribution is 7.09. The van der Waals surface area contributed by atoms with Gasteiger partial charge < -0.3 is 10.0 Å². The van der Waals surface area contributed by atoms with E-state index in [1.165, 1.54) is 50.2 Å². The molecule has 5 heteroatoms. The summed E-state index contributed by atoms with van der Waals surface area (Å²) < 4.78 is 0. The highest BCUT2D eigenvalue weighted by Gasteiger charge is 2.38. The predicted octanol–water partition coefficient (Wildman–Crippen LogP) is 2.57. The van der Waals surface area contributed by atoms with Crippen LogP contribution in [-0.2, 0) is 12.1 Å². The van der Waals surface area contributed by atoms with Crippen molar-refractivity contribution in [1.82, 2.24) is 14.8 Å². The van der Waals surface area contributed by atoms with E-state index in [-0.39, 0.29) is 0 Å². The maximum atomic E-state index is 11.0. The van der Waals surface area contributed by atoms with Crippen molar-refractivity contribution >= 4 is 11.3 Å². The first-order valence-electron chi connectivity index (χ1n) is 8.87. The average molecular weight is 321 g/mol. The maximum Gasteiger partial charge on any atom is 0.110 e. The van der Waals surface area contributed by atoms with Gasteiger partial charge in [0.1, 0.15) is 10.6 Å². The zero-order valence-corrected chi connectivity index (χ0v) is 14.2. The molecule has 22 heavy (non-hydrogen) atoms. The van der Waals surface area contributed by atoms with Crippen LogP contribution in [0.1, 0.15) is 55.6 Å². The van der Waals surface area contributed by atoms with Crippen molar-refractivity contribution < 1.29 is 5.11 Å². The highest BCUT2D eigenvalue weighted by Crippen LogP contribution is 2.36. The first-order chi connectivity index (χ1) is 10.7. The van der Waals surface area contributed by atoms with Crippen LogP contribution in [0, 0.1) is 0 Å². The fourth-order valence-electron chi connectivity index (χ4n) is 4.11. The third-order valence-electron chi connectivity index (χ3n) is 5.80. The van der Waals surface area contributed by atoms with Crippen LogP contribution in [0.4, 0.5) is 0 Å². The number of aromatic nitrogens is 1. The molecule has 1 aromatic heterocycles. The molecule has 1 saturated carbocycles. The number of nitrogens with zero attached hydrogens (tertiary/aromatic N) is 3. The normalized spacial score (nSPS) is 27.1. The molecule has 1 aliphatic carbocycles. The summed E-state index contributed by atoms with van der Waals surface area (Å²) in [6.45, 7) is 5.43. The van der Waals surface area contributed by atoms with Gasteiger partial charge in [-0.05, 0) is 45.2 Å². The van der Waals surface area contributed by atoms with Crippen molar-refractivity contribution in [3.63, 3.8) is 0 Å². The number of rotatable bonds is 4. The molecule has 0 unspecified atom stereocenters. The van der Waals surface area contributed by atoms with Crippen molar-refractivity contribution in [2.45, 2.75) is 63.1 Å². The number of hydrogen-bond donors (Lipinski definition) is 1. The molecule has 0 amide bonds. The molecule has 1 aromatic rings. The lowest BCUT2D eigenvalue weighted by Gasteiger charge is -2.40. The van der Waals surface area contributed by atoms with Gasteiger partial charge >= 0.3 is 0 Å². The van der Waals surface area contributed by atoms with Crippen molar-refractivity contribution in [2.75, 3.05) is 26.2 Å². The molecule has 3 heterocycles. The number of piperidine rings is 1. The second kappa shape index (κ2) is 6.19. The fourth-order valence-corrected chi connectivity index (χ4v) is 5.04. The van der Waals surface area contributed by atoms with Crippen LogP contribution in [0.25, 0.3) is 0 Å². The molecule has 122 valence electrons. The second-order valence-corrected chi connectivity index (χ2v) is 8.20. The van der Waals surface area contributed by atoms with Crippen molar-refractivity contribution in [3.05, 3.63) is 16.1 Å². The van der Waals surface area contributed by atoms with E-state index < -0.39 is 5.60 Å². The predicted molar refractivity (Wildman–Crippen MR) is 89.0 cm³/mol. The summed E-state index contributed by atoms with van der Waals surface area (Å²) in [7, 11) is 0. The Labute approximate surface area is 137 Å². The van der Waals surface area contributed by atoms with E-state index in [1.807, 2.05) is 0 Å². The molecular weight excluding hydrogens is 294 g/mol. The lowest BCUT2D eigenvalue weighted by molar-refractivity contribution is -0.0379. The van der Waals surface area contributed by atoms with Crippen LogP contribution in [0.2, 0.25) is 0 Å². The monoisotopic (exact) mass is 321 g/mol. The average Bonchev–Trinajstić information content (AvgIpc) is 3.15. The van der Waals surface area contributed by atoms with Crippen molar-refractivity contribution in [3.8, 4) is 0 Å². The Kier molecular flexibility index (Phi) is 4.24. The van der Waals surface area contributed by atoms with Crippen LogP contribution in [-0.4, -0.2) is 52.1 Å². The third kappa shape index (κ3) is 2.96. The molecule has 2 saturated heterocycles. The first kappa shape index (κ1) is 15.1. The summed E-state index contributed by atoms with van der Waals surface area (Å²) >= 11 is 1.72. The largest absolute Gasteiger partial charge is 0.383 e. The van der Waals surface area contributed by atoms with E-state index in [0.717, 1.165) is 44.2 Å². The Morgan fingerprint density at radius 2 is 1.86 bits per heavy atom. The van der Waals surface area contributed by atoms with E-state index in [0.29, 0.717) is 0 Å². The van der Waals surface area contributed by atoms with E-state index in [2.05, 4.69) is 15.2 Å². The standard InChI is InChI=1S/C17H27N3OS/c21-17(6-10-20(11-7-17)14-4-1-2-5-14)15-13-22-16(18-15)12-19-8-3-9-19/h13-14,21H,1-12H2. The lowest BCUT2D eigenvalue weighted by Crippen LogP contribution is -2.46. The SMILES string of the molecule is OC1(c2csc(CN3CCC3)n2)CCN(C2CCCC2)CC1. The summed E-state index contributed by atoms with van der Waals surface area (Å²) in [4.78, 5) is 9.79. The molecule has 0 spiro atoms. The number of hydrogen-bond acceptors (Lipinski definition) is 5. The number of likely N-dealkylation sites (tertiary alicyclic amines) is 2. The van der Waals surface area contributed by atoms with Crippen molar-refractivity contribution in [1.29, 1.82) is 0 Å². The Balaban J connectivity index is 1.37. The zero-order chi connectivity index (χ0) is 15.0. The number of aliphatic hydroxyl groups is 1. The molecule has 3 aliphatic rings. The second-order valence-electron chi connectivity index (χ2n) is 7.26. The Morgan fingerprint density at radius 3 is 2.50 bits per heavy atom.